The van der Waals surface area contributed by atoms with Gasteiger partial charge in [-0.2, -0.15) is 0 Å². The summed E-state index contributed by atoms with van der Waals surface area (Å²) in [6.45, 7) is 9.87. The van der Waals surface area contributed by atoms with Gasteiger partial charge in [-0.05, 0) is 80.6 Å². The molecule has 4 aliphatic carbocycles. The van der Waals surface area contributed by atoms with Crippen molar-refractivity contribution < 1.29 is 19.1 Å². The van der Waals surface area contributed by atoms with Crippen molar-refractivity contribution in [1.82, 2.24) is 0 Å². The number of esters is 1. The molecule has 3 unspecified atom stereocenters. The van der Waals surface area contributed by atoms with Crippen LogP contribution in [-0.2, 0) is 19.1 Å². The van der Waals surface area contributed by atoms with Crippen molar-refractivity contribution in [1.29, 1.82) is 0 Å². The Morgan fingerprint density at radius 2 is 1.75 bits per heavy atom. The van der Waals surface area contributed by atoms with Gasteiger partial charge in [0.2, 0.25) is 0 Å². The van der Waals surface area contributed by atoms with Gasteiger partial charge >= 0.3 is 5.97 Å². The number of carbonyl (C=O) groups excluding carboxylic acids is 3. The Balaban J connectivity index is 1.73. The van der Waals surface area contributed by atoms with E-state index in [1.54, 1.807) is 6.92 Å². The van der Waals surface area contributed by atoms with Crippen molar-refractivity contribution in [3.8, 4) is 0 Å². The van der Waals surface area contributed by atoms with Gasteiger partial charge in [0.05, 0.1) is 0 Å². The summed E-state index contributed by atoms with van der Waals surface area (Å²) in [7, 11) is 0. The van der Waals surface area contributed by atoms with E-state index in [2.05, 4.69) is 20.8 Å². The van der Waals surface area contributed by atoms with E-state index in [-0.39, 0.29) is 28.4 Å². The normalized spacial score (nSPS) is 47.5. The average Bonchev–Trinajstić information content (AvgIpc) is 2.90. The molecular formula is C24H34O4. The van der Waals surface area contributed by atoms with E-state index in [1.807, 2.05) is 6.08 Å². The number of fused-ring (bicyclic) bond motifs is 5. The minimum atomic E-state index is -0.961. The summed E-state index contributed by atoms with van der Waals surface area (Å²) in [6, 6.07) is 0. The van der Waals surface area contributed by atoms with Crippen LogP contribution in [0, 0.1) is 34.5 Å². The predicted molar refractivity (Wildman–Crippen MR) is 106 cm³/mol. The van der Waals surface area contributed by atoms with Gasteiger partial charge in [0.15, 0.2) is 17.2 Å². The zero-order chi connectivity index (χ0) is 20.5. The number of Topliss-reactive ketones (excluding diaryl/α,β-unsaturated/α-hetero) is 1. The lowest BCUT2D eigenvalue weighted by Gasteiger charge is -2.60. The van der Waals surface area contributed by atoms with Crippen molar-refractivity contribution in [3.63, 3.8) is 0 Å². The maximum atomic E-state index is 12.8. The largest absolute Gasteiger partial charge is 0.451 e. The second kappa shape index (κ2) is 6.27. The maximum Gasteiger partial charge on any atom is 0.303 e. The number of carbonyl (C=O) groups is 3. The van der Waals surface area contributed by atoms with Crippen LogP contribution in [-0.4, -0.2) is 23.1 Å². The monoisotopic (exact) mass is 386 g/mol. The van der Waals surface area contributed by atoms with Crippen molar-refractivity contribution in [2.45, 2.75) is 85.2 Å². The van der Waals surface area contributed by atoms with E-state index in [1.165, 1.54) is 12.5 Å². The van der Waals surface area contributed by atoms with Crippen LogP contribution in [0.3, 0.4) is 0 Å². The molecule has 0 spiro atoms. The first-order valence-electron chi connectivity index (χ1n) is 11.0. The van der Waals surface area contributed by atoms with Crippen molar-refractivity contribution in [2.24, 2.45) is 34.5 Å². The Bertz CT molecular complexity index is 767. The van der Waals surface area contributed by atoms with Gasteiger partial charge in [-0.15, -0.1) is 0 Å². The maximum absolute atomic E-state index is 12.8. The summed E-state index contributed by atoms with van der Waals surface area (Å²) in [4.78, 5) is 36.8. The van der Waals surface area contributed by atoms with Crippen LogP contribution in [0.2, 0.25) is 0 Å². The van der Waals surface area contributed by atoms with Crippen LogP contribution in [0.4, 0.5) is 0 Å². The smallest absolute Gasteiger partial charge is 0.303 e. The fourth-order valence-electron chi connectivity index (χ4n) is 8.05. The van der Waals surface area contributed by atoms with E-state index in [0.29, 0.717) is 36.5 Å². The second-order valence-corrected chi connectivity index (χ2v) is 10.5. The molecule has 0 aromatic carbocycles. The third kappa shape index (κ3) is 2.45. The first-order chi connectivity index (χ1) is 13.0. The summed E-state index contributed by atoms with van der Waals surface area (Å²) < 4.78 is 5.84. The molecule has 0 bridgehead atoms. The summed E-state index contributed by atoms with van der Waals surface area (Å²) in [6.07, 6.45) is 8.19. The average molecular weight is 387 g/mol. The molecule has 4 heteroatoms. The molecule has 0 amide bonds. The molecule has 4 rings (SSSR count). The van der Waals surface area contributed by atoms with Gasteiger partial charge in [0.25, 0.3) is 0 Å². The lowest BCUT2D eigenvalue weighted by Crippen LogP contribution is -2.59. The number of ether oxygens (including phenoxy) is 1. The van der Waals surface area contributed by atoms with Crippen LogP contribution < -0.4 is 0 Å². The molecule has 28 heavy (non-hydrogen) atoms. The van der Waals surface area contributed by atoms with Crippen LogP contribution >= 0.6 is 0 Å². The van der Waals surface area contributed by atoms with Crippen molar-refractivity contribution in [3.05, 3.63) is 11.6 Å². The molecule has 0 aromatic heterocycles. The van der Waals surface area contributed by atoms with E-state index < -0.39 is 5.60 Å². The van der Waals surface area contributed by atoms with Crippen LogP contribution in [0.15, 0.2) is 11.6 Å². The van der Waals surface area contributed by atoms with Gasteiger partial charge in [-0.1, -0.05) is 26.3 Å². The minimum Gasteiger partial charge on any atom is -0.451 e. The topological polar surface area (TPSA) is 60.4 Å². The zero-order valence-electron chi connectivity index (χ0n) is 18.0. The van der Waals surface area contributed by atoms with Crippen LogP contribution in [0.25, 0.3) is 0 Å². The van der Waals surface area contributed by atoms with Crippen LogP contribution in [0.1, 0.15) is 79.6 Å². The SMILES string of the molecule is CC(=O)O[C@]1(C(C)=O)CCC2C3C[C@H](C)C4=CC(=O)CC[C@]4(C)C3CC[C@@]21C. The van der Waals surface area contributed by atoms with Gasteiger partial charge in [0.1, 0.15) is 0 Å². The standard InChI is InChI=1S/C24H34O4/c1-14-12-18-19(22(4)9-6-17(27)13-21(14)22)7-10-23(5)20(18)8-11-24(23,15(2)25)28-16(3)26/h13-14,18-20H,6-12H2,1-5H3/t14-,18?,19?,20?,22+,23-,24-/m0/s1. The third-order valence-corrected chi connectivity index (χ3v) is 9.29. The molecule has 4 aliphatic rings. The molecule has 4 nitrogen and oxygen atoms in total. The molecule has 0 aliphatic heterocycles. The van der Waals surface area contributed by atoms with E-state index >= 15 is 0 Å². The summed E-state index contributed by atoms with van der Waals surface area (Å²) in [5.41, 5.74) is 0.218. The molecule has 154 valence electrons. The zero-order valence-corrected chi connectivity index (χ0v) is 18.0. The fraction of sp³-hybridized carbons (Fsp3) is 0.792. The molecule has 0 radical (unpaired) electrons. The fourth-order valence-corrected chi connectivity index (χ4v) is 8.05. The molecule has 0 aromatic rings. The van der Waals surface area contributed by atoms with Gasteiger partial charge in [0, 0.05) is 18.8 Å². The van der Waals surface area contributed by atoms with Gasteiger partial charge < -0.3 is 4.74 Å². The second-order valence-electron chi connectivity index (χ2n) is 10.5. The highest BCUT2D eigenvalue weighted by Gasteiger charge is 2.68. The highest BCUT2D eigenvalue weighted by atomic mass is 16.6. The highest BCUT2D eigenvalue weighted by Crippen LogP contribution is 2.69. The highest BCUT2D eigenvalue weighted by molar-refractivity contribution is 5.92. The number of hydrogen-bond donors (Lipinski definition) is 0. The Hall–Kier alpha value is -1.45. The number of rotatable bonds is 2. The molecule has 3 fully saturated rings. The predicted octanol–water partition coefficient (Wildman–Crippen LogP) is 4.66. The molecule has 0 heterocycles. The molecule has 3 saturated carbocycles. The van der Waals surface area contributed by atoms with E-state index in [9.17, 15) is 14.4 Å². The summed E-state index contributed by atoms with van der Waals surface area (Å²) in [5, 5.41) is 0. The summed E-state index contributed by atoms with van der Waals surface area (Å²) >= 11 is 0. The van der Waals surface area contributed by atoms with E-state index in [0.717, 1.165) is 32.1 Å². The Labute approximate surface area is 168 Å². The Morgan fingerprint density at radius 3 is 2.39 bits per heavy atom. The van der Waals surface area contributed by atoms with Gasteiger partial charge in [-0.25, -0.2) is 0 Å². The first-order valence-corrected chi connectivity index (χ1v) is 11.0. The van der Waals surface area contributed by atoms with Gasteiger partial charge in [-0.3, -0.25) is 14.4 Å². The first kappa shape index (κ1) is 19.8. The number of ketones is 2. The Morgan fingerprint density at radius 1 is 1.07 bits per heavy atom. The van der Waals surface area contributed by atoms with E-state index in [4.69, 9.17) is 4.74 Å². The molecule has 0 N–H and O–H groups in total. The van der Waals surface area contributed by atoms with Crippen LogP contribution in [0.5, 0.6) is 0 Å². The quantitative estimate of drug-likeness (QED) is 0.648. The minimum absolute atomic E-state index is 0.00469. The number of hydrogen-bond acceptors (Lipinski definition) is 4. The van der Waals surface area contributed by atoms with Crippen molar-refractivity contribution >= 4 is 17.5 Å². The lowest BCUT2D eigenvalue weighted by atomic mass is 9.44. The Kier molecular flexibility index (Phi) is 4.45. The summed E-state index contributed by atoms with van der Waals surface area (Å²) in [5.74, 6) is 1.82. The number of allylic oxidation sites excluding steroid dienone is 1. The molecule has 7 atom stereocenters. The lowest BCUT2D eigenvalue weighted by molar-refractivity contribution is -0.187. The molecule has 0 saturated heterocycles. The third-order valence-electron chi connectivity index (χ3n) is 9.29. The van der Waals surface area contributed by atoms with Crippen molar-refractivity contribution in [2.75, 3.05) is 0 Å². The molecular weight excluding hydrogens is 352 g/mol.